The fourth-order valence-electron chi connectivity index (χ4n) is 2.19. The molecule has 0 heterocycles. The Morgan fingerprint density at radius 2 is 1.95 bits per heavy atom. The summed E-state index contributed by atoms with van der Waals surface area (Å²) in [6.07, 6.45) is 0.438. The van der Waals surface area contributed by atoms with Crippen molar-refractivity contribution in [3.63, 3.8) is 0 Å². The Kier molecular flexibility index (Phi) is 3.67. The molecule has 0 saturated heterocycles. The number of carbonyl (C=O) groups is 2. The fourth-order valence-corrected chi connectivity index (χ4v) is 2.97. The number of carboxylic acid groups (broad SMARTS) is 1. The average Bonchev–Trinajstić information content (AvgIpc) is 3.08. The molecule has 4 nitrogen and oxygen atoms in total. The van der Waals surface area contributed by atoms with Gasteiger partial charge in [-0.1, -0.05) is 34.1 Å². The van der Waals surface area contributed by atoms with Gasteiger partial charge in [-0.15, -0.1) is 0 Å². The number of halogens is 1. The third-order valence-corrected chi connectivity index (χ3v) is 4.12. The average molecular weight is 326 g/mol. The highest BCUT2D eigenvalue weighted by Crippen LogP contribution is 2.39. The third-order valence-electron chi connectivity index (χ3n) is 3.43. The Balaban J connectivity index is 2.08. The monoisotopic (exact) mass is 325 g/mol. The Morgan fingerprint density at radius 3 is 2.47 bits per heavy atom. The molecule has 0 aliphatic heterocycles. The van der Waals surface area contributed by atoms with Gasteiger partial charge in [0.05, 0.1) is 17.4 Å². The zero-order valence-electron chi connectivity index (χ0n) is 10.8. The second kappa shape index (κ2) is 4.96. The first-order chi connectivity index (χ1) is 8.83. The van der Waals surface area contributed by atoms with Gasteiger partial charge in [0, 0.05) is 4.47 Å². The molecule has 1 aromatic rings. The molecule has 0 bridgehead atoms. The van der Waals surface area contributed by atoms with Gasteiger partial charge in [0.1, 0.15) is 0 Å². The quantitative estimate of drug-likeness (QED) is 0.893. The van der Waals surface area contributed by atoms with Gasteiger partial charge in [-0.2, -0.15) is 0 Å². The summed E-state index contributed by atoms with van der Waals surface area (Å²) in [7, 11) is 0. The van der Waals surface area contributed by atoms with E-state index in [2.05, 4.69) is 21.2 Å². The maximum Gasteiger partial charge on any atom is 0.307 e. The van der Waals surface area contributed by atoms with Gasteiger partial charge in [-0.3, -0.25) is 9.59 Å². The first-order valence-corrected chi connectivity index (χ1v) is 6.92. The fraction of sp³-hybridized carbons (Fsp3) is 0.429. The molecule has 5 heteroatoms. The zero-order valence-corrected chi connectivity index (χ0v) is 12.4. The summed E-state index contributed by atoms with van der Waals surface area (Å²) >= 11 is 3.46. The van der Waals surface area contributed by atoms with Gasteiger partial charge in [0.25, 0.3) is 0 Å². The van der Waals surface area contributed by atoms with Gasteiger partial charge in [0.15, 0.2) is 0 Å². The number of hydrogen-bond acceptors (Lipinski definition) is 2. The van der Waals surface area contributed by atoms with Crippen molar-refractivity contribution in [3.8, 4) is 0 Å². The van der Waals surface area contributed by atoms with Crippen LogP contribution >= 0.6 is 15.9 Å². The van der Waals surface area contributed by atoms with E-state index in [1.807, 2.05) is 38.1 Å². The molecule has 2 atom stereocenters. The number of nitrogens with one attached hydrogen (secondary N) is 1. The second-order valence-electron chi connectivity index (χ2n) is 5.38. The molecular formula is C14H16BrNO3. The van der Waals surface area contributed by atoms with Gasteiger partial charge < -0.3 is 10.4 Å². The van der Waals surface area contributed by atoms with Crippen molar-refractivity contribution in [1.82, 2.24) is 5.32 Å². The molecule has 0 aromatic heterocycles. The molecule has 2 unspecified atom stereocenters. The van der Waals surface area contributed by atoms with E-state index >= 15 is 0 Å². The van der Waals surface area contributed by atoms with Crippen LogP contribution in [0.3, 0.4) is 0 Å². The van der Waals surface area contributed by atoms with Crippen LogP contribution in [0.2, 0.25) is 0 Å². The van der Waals surface area contributed by atoms with Crippen molar-refractivity contribution in [3.05, 3.63) is 34.3 Å². The first-order valence-electron chi connectivity index (χ1n) is 6.13. The van der Waals surface area contributed by atoms with E-state index in [1.165, 1.54) is 0 Å². The molecule has 1 aliphatic rings. The van der Waals surface area contributed by atoms with Crippen molar-refractivity contribution in [2.24, 2.45) is 11.8 Å². The minimum atomic E-state index is -0.890. The molecule has 0 radical (unpaired) electrons. The van der Waals surface area contributed by atoms with E-state index < -0.39 is 17.4 Å². The van der Waals surface area contributed by atoms with Crippen LogP contribution in [0.25, 0.3) is 0 Å². The van der Waals surface area contributed by atoms with Crippen LogP contribution in [0.5, 0.6) is 0 Å². The topological polar surface area (TPSA) is 66.4 Å². The van der Waals surface area contributed by atoms with E-state index in [9.17, 15) is 9.59 Å². The van der Waals surface area contributed by atoms with Gasteiger partial charge in [-0.25, -0.2) is 0 Å². The Labute approximate surface area is 120 Å². The summed E-state index contributed by atoms with van der Waals surface area (Å²) in [5, 5.41) is 11.8. The molecule has 102 valence electrons. The van der Waals surface area contributed by atoms with Crippen molar-refractivity contribution in [2.45, 2.75) is 25.8 Å². The van der Waals surface area contributed by atoms with E-state index in [0.717, 1.165) is 10.0 Å². The lowest BCUT2D eigenvalue weighted by Gasteiger charge is -2.28. The number of amides is 1. The minimum Gasteiger partial charge on any atom is -0.481 e. The predicted octanol–water partition coefficient (Wildman–Crippen LogP) is 2.52. The lowest BCUT2D eigenvalue weighted by atomic mass is 9.94. The Hall–Kier alpha value is -1.36. The minimum absolute atomic E-state index is 0.187. The molecular weight excluding hydrogens is 310 g/mol. The lowest BCUT2D eigenvalue weighted by Crippen LogP contribution is -2.42. The van der Waals surface area contributed by atoms with Crippen molar-refractivity contribution in [2.75, 3.05) is 0 Å². The van der Waals surface area contributed by atoms with Crippen molar-refractivity contribution in [1.29, 1.82) is 0 Å². The highest BCUT2D eigenvalue weighted by atomic mass is 79.9. The summed E-state index contributed by atoms with van der Waals surface area (Å²) in [6.45, 7) is 3.81. The van der Waals surface area contributed by atoms with E-state index in [4.69, 9.17) is 5.11 Å². The first kappa shape index (κ1) is 14.1. The zero-order chi connectivity index (χ0) is 14.2. The van der Waals surface area contributed by atoms with Crippen LogP contribution in [-0.4, -0.2) is 17.0 Å². The highest BCUT2D eigenvalue weighted by Gasteiger charge is 2.49. The molecule has 2 N–H and O–H groups in total. The number of hydrogen-bond donors (Lipinski definition) is 2. The van der Waals surface area contributed by atoms with Gasteiger partial charge in [0.2, 0.25) is 5.91 Å². The Bertz CT molecular complexity index is 527. The molecule has 2 rings (SSSR count). The smallest absolute Gasteiger partial charge is 0.307 e. The molecule has 1 amide bonds. The standard InChI is InChI=1S/C14H16BrNO3/c1-14(2,10-5-3-4-6-11(10)15)16-12(17)8-7-9(8)13(18)19/h3-6,8-9H,7H2,1-2H3,(H,16,17)(H,18,19). The van der Waals surface area contributed by atoms with Gasteiger partial charge in [-0.05, 0) is 31.9 Å². The van der Waals surface area contributed by atoms with E-state index in [-0.39, 0.29) is 11.8 Å². The summed E-state index contributed by atoms with van der Waals surface area (Å²) in [4.78, 5) is 22.8. The van der Waals surface area contributed by atoms with Crippen LogP contribution < -0.4 is 5.32 Å². The normalized spacial score (nSPS) is 21.8. The predicted molar refractivity (Wildman–Crippen MR) is 74.5 cm³/mol. The van der Waals surface area contributed by atoms with E-state index in [0.29, 0.717) is 6.42 Å². The molecule has 0 spiro atoms. The largest absolute Gasteiger partial charge is 0.481 e. The molecule has 1 aromatic carbocycles. The summed E-state index contributed by atoms with van der Waals surface area (Å²) < 4.78 is 0.922. The van der Waals surface area contributed by atoms with E-state index in [1.54, 1.807) is 0 Å². The maximum absolute atomic E-state index is 12.0. The summed E-state index contributed by atoms with van der Waals surface area (Å²) in [5.74, 6) is -1.98. The SMILES string of the molecule is CC(C)(NC(=O)C1CC1C(=O)O)c1ccccc1Br. The van der Waals surface area contributed by atoms with Crippen molar-refractivity contribution < 1.29 is 14.7 Å². The molecule has 1 saturated carbocycles. The number of carboxylic acids is 1. The number of carbonyl (C=O) groups excluding carboxylic acids is 1. The van der Waals surface area contributed by atoms with Crippen LogP contribution in [0.1, 0.15) is 25.8 Å². The molecule has 1 fully saturated rings. The summed E-state index contributed by atoms with van der Waals surface area (Å²) in [5.41, 5.74) is 0.430. The van der Waals surface area contributed by atoms with Crippen LogP contribution in [0.15, 0.2) is 28.7 Å². The van der Waals surface area contributed by atoms with Crippen LogP contribution in [0, 0.1) is 11.8 Å². The lowest BCUT2D eigenvalue weighted by molar-refractivity contribution is -0.140. The van der Waals surface area contributed by atoms with Crippen LogP contribution in [0.4, 0.5) is 0 Å². The second-order valence-corrected chi connectivity index (χ2v) is 6.24. The van der Waals surface area contributed by atoms with Crippen molar-refractivity contribution >= 4 is 27.8 Å². The Morgan fingerprint density at radius 1 is 1.32 bits per heavy atom. The molecule has 19 heavy (non-hydrogen) atoms. The summed E-state index contributed by atoms with van der Waals surface area (Å²) in [6, 6.07) is 7.67. The third kappa shape index (κ3) is 2.97. The number of rotatable bonds is 4. The van der Waals surface area contributed by atoms with Crippen LogP contribution in [-0.2, 0) is 15.1 Å². The molecule has 1 aliphatic carbocycles. The number of benzene rings is 1. The maximum atomic E-state index is 12.0. The highest BCUT2D eigenvalue weighted by molar-refractivity contribution is 9.10. The number of aliphatic carboxylic acids is 1. The van der Waals surface area contributed by atoms with Gasteiger partial charge >= 0.3 is 5.97 Å².